The molecule has 0 saturated carbocycles. The van der Waals surface area contributed by atoms with Crippen LogP contribution < -0.4 is 5.32 Å². The third-order valence-corrected chi connectivity index (χ3v) is 3.22. The Morgan fingerprint density at radius 1 is 1.47 bits per heavy atom. The fourth-order valence-electron chi connectivity index (χ4n) is 1.56. The molecule has 1 aromatic heterocycles. The minimum absolute atomic E-state index is 0.0623. The van der Waals surface area contributed by atoms with Crippen molar-refractivity contribution < 1.29 is 9.18 Å². The van der Waals surface area contributed by atoms with E-state index in [0.717, 1.165) is 10.0 Å². The number of anilines is 1. The molecule has 1 heterocycles. The smallest absolute Gasteiger partial charge is 0.261 e. The Morgan fingerprint density at radius 2 is 2.21 bits per heavy atom. The first kappa shape index (κ1) is 14.0. The van der Waals surface area contributed by atoms with Gasteiger partial charge in [-0.1, -0.05) is 17.7 Å². The molecule has 0 fully saturated rings. The largest absolute Gasteiger partial charge is 0.306 e. The number of benzene rings is 1. The van der Waals surface area contributed by atoms with Crippen LogP contribution in [0.5, 0.6) is 0 Å². The van der Waals surface area contributed by atoms with E-state index >= 15 is 0 Å². The number of carbonyl (C=O) groups is 1. The summed E-state index contributed by atoms with van der Waals surface area (Å²) in [5, 5.41) is 2.60. The second-order valence-corrected chi connectivity index (χ2v) is 5.19. The van der Waals surface area contributed by atoms with E-state index in [1.54, 1.807) is 19.2 Å². The molecule has 0 atom stereocenters. The van der Waals surface area contributed by atoms with Crippen molar-refractivity contribution in [3.05, 3.63) is 56.9 Å². The monoisotopic (exact) mass is 342 g/mol. The van der Waals surface area contributed by atoms with E-state index in [4.69, 9.17) is 11.6 Å². The van der Waals surface area contributed by atoms with Crippen molar-refractivity contribution in [2.45, 2.75) is 6.92 Å². The second kappa shape index (κ2) is 5.67. The standard InChI is InChI=1S/C13H9BrClFN2O/c1-7-5-8(14)6-17-12(7)18-13(19)11-9(15)3-2-4-10(11)16/h2-6H,1H3,(H,17,18,19). The zero-order valence-corrected chi connectivity index (χ0v) is 12.2. The van der Waals surface area contributed by atoms with Gasteiger partial charge >= 0.3 is 0 Å². The normalized spacial score (nSPS) is 10.3. The molecule has 0 bridgehead atoms. The van der Waals surface area contributed by atoms with E-state index in [2.05, 4.69) is 26.2 Å². The highest BCUT2D eigenvalue weighted by atomic mass is 79.9. The summed E-state index contributed by atoms with van der Waals surface area (Å²) in [6, 6.07) is 5.88. The fourth-order valence-corrected chi connectivity index (χ4v) is 2.25. The zero-order chi connectivity index (χ0) is 14.0. The zero-order valence-electron chi connectivity index (χ0n) is 9.88. The molecule has 0 unspecified atom stereocenters. The van der Waals surface area contributed by atoms with Crippen LogP contribution >= 0.6 is 27.5 Å². The summed E-state index contributed by atoms with van der Waals surface area (Å²) in [6.07, 6.45) is 1.55. The highest BCUT2D eigenvalue weighted by Gasteiger charge is 2.16. The van der Waals surface area contributed by atoms with Crippen LogP contribution in [0.1, 0.15) is 15.9 Å². The van der Waals surface area contributed by atoms with Crippen molar-refractivity contribution in [2.75, 3.05) is 5.32 Å². The fraction of sp³-hybridized carbons (Fsp3) is 0.0769. The summed E-state index contributed by atoms with van der Waals surface area (Å²) in [5.74, 6) is -0.923. The van der Waals surface area contributed by atoms with Gasteiger partial charge in [-0.25, -0.2) is 9.37 Å². The van der Waals surface area contributed by atoms with Crippen molar-refractivity contribution in [1.29, 1.82) is 0 Å². The van der Waals surface area contributed by atoms with Crippen LogP contribution in [-0.2, 0) is 0 Å². The van der Waals surface area contributed by atoms with Crippen molar-refractivity contribution in [2.24, 2.45) is 0 Å². The first-order chi connectivity index (χ1) is 8.99. The first-order valence-corrected chi connectivity index (χ1v) is 6.53. The summed E-state index contributed by atoms with van der Waals surface area (Å²) in [6.45, 7) is 1.79. The quantitative estimate of drug-likeness (QED) is 0.888. The minimum atomic E-state index is -0.667. The topological polar surface area (TPSA) is 42.0 Å². The molecule has 0 radical (unpaired) electrons. The van der Waals surface area contributed by atoms with Crippen LogP contribution in [-0.4, -0.2) is 10.9 Å². The molecule has 0 spiro atoms. The van der Waals surface area contributed by atoms with E-state index in [0.29, 0.717) is 5.82 Å². The number of hydrogen-bond acceptors (Lipinski definition) is 2. The van der Waals surface area contributed by atoms with Gasteiger partial charge in [-0.15, -0.1) is 0 Å². The van der Waals surface area contributed by atoms with Crippen molar-refractivity contribution in [3.63, 3.8) is 0 Å². The molecule has 0 aliphatic rings. The predicted molar refractivity (Wildman–Crippen MR) is 76.0 cm³/mol. The number of hydrogen-bond donors (Lipinski definition) is 1. The van der Waals surface area contributed by atoms with Crippen LogP contribution in [0.25, 0.3) is 0 Å². The summed E-state index contributed by atoms with van der Waals surface area (Å²) < 4.78 is 14.4. The van der Waals surface area contributed by atoms with Gasteiger partial charge in [-0.2, -0.15) is 0 Å². The van der Waals surface area contributed by atoms with Gasteiger partial charge in [0.15, 0.2) is 0 Å². The van der Waals surface area contributed by atoms with Gasteiger partial charge in [-0.05, 0) is 46.6 Å². The van der Waals surface area contributed by atoms with Gasteiger partial charge < -0.3 is 5.32 Å². The Morgan fingerprint density at radius 3 is 2.84 bits per heavy atom. The molecular formula is C13H9BrClFN2O. The molecule has 2 aromatic rings. The lowest BCUT2D eigenvalue weighted by molar-refractivity contribution is 0.102. The van der Waals surface area contributed by atoms with E-state index in [1.165, 1.54) is 18.2 Å². The molecule has 1 amide bonds. The third kappa shape index (κ3) is 3.11. The lowest BCUT2D eigenvalue weighted by atomic mass is 10.2. The molecule has 1 N–H and O–H groups in total. The van der Waals surface area contributed by atoms with Crippen molar-refractivity contribution >= 4 is 39.3 Å². The lowest BCUT2D eigenvalue weighted by Gasteiger charge is -2.09. The molecule has 0 saturated heterocycles. The maximum atomic E-state index is 13.6. The first-order valence-electron chi connectivity index (χ1n) is 5.36. The van der Waals surface area contributed by atoms with Crippen LogP contribution in [0.2, 0.25) is 5.02 Å². The van der Waals surface area contributed by atoms with Gasteiger partial charge in [0.2, 0.25) is 0 Å². The average Bonchev–Trinajstić information content (AvgIpc) is 2.32. The van der Waals surface area contributed by atoms with Gasteiger partial charge in [0.25, 0.3) is 5.91 Å². The highest BCUT2D eigenvalue weighted by molar-refractivity contribution is 9.10. The van der Waals surface area contributed by atoms with E-state index < -0.39 is 11.7 Å². The number of nitrogens with one attached hydrogen (secondary N) is 1. The van der Waals surface area contributed by atoms with Crippen LogP contribution in [0.15, 0.2) is 34.9 Å². The Balaban J connectivity index is 2.31. The number of amides is 1. The SMILES string of the molecule is Cc1cc(Br)cnc1NC(=O)c1c(F)cccc1Cl. The maximum absolute atomic E-state index is 13.6. The molecule has 98 valence electrons. The average molecular weight is 344 g/mol. The van der Waals surface area contributed by atoms with Gasteiger partial charge in [0, 0.05) is 10.7 Å². The molecule has 2 rings (SSSR count). The Hall–Kier alpha value is -1.46. The number of rotatable bonds is 2. The molecule has 1 aromatic carbocycles. The minimum Gasteiger partial charge on any atom is -0.306 e. The number of nitrogens with zero attached hydrogens (tertiary/aromatic N) is 1. The molecule has 0 aliphatic heterocycles. The predicted octanol–water partition coefficient (Wildman–Crippen LogP) is 4.20. The second-order valence-electron chi connectivity index (χ2n) is 3.87. The maximum Gasteiger partial charge on any atom is 0.261 e. The van der Waals surface area contributed by atoms with Crippen LogP contribution in [0, 0.1) is 12.7 Å². The molecular weight excluding hydrogens is 335 g/mol. The van der Waals surface area contributed by atoms with Crippen LogP contribution in [0.3, 0.4) is 0 Å². The van der Waals surface area contributed by atoms with Crippen LogP contribution in [0.4, 0.5) is 10.2 Å². The van der Waals surface area contributed by atoms with Gasteiger partial charge in [0.05, 0.1) is 10.6 Å². The number of carbonyl (C=O) groups excluding carboxylic acids is 1. The van der Waals surface area contributed by atoms with Crippen molar-refractivity contribution in [1.82, 2.24) is 4.98 Å². The summed E-state index contributed by atoms with van der Waals surface area (Å²) in [5.41, 5.74) is 0.573. The Bertz CT molecular complexity index is 628. The van der Waals surface area contributed by atoms with E-state index in [9.17, 15) is 9.18 Å². The molecule has 19 heavy (non-hydrogen) atoms. The molecule has 0 aliphatic carbocycles. The third-order valence-electron chi connectivity index (χ3n) is 2.47. The van der Waals surface area contributed by atoms with Gasteiger partial charge in [-0.3, -0.25) is 4.79 Å². The highest BCUT2D eigenvalue weighted by Crippen LogP contribution is 2.22. The van der Waals surface area contributed by atoms with Gasteiger partial charge in [0.1, 0.15) is 11.6 Å². The van der Waals surface area contributed by atoms with E-state index in [-0.39, 0.29) is 10.6 Å². The summed E-state index contributed by atoms with van der Waals surface area (Å²) >= 11 is 9.10. The molecule has 6 heteroatoms. The van der Waals surface area contributed by atoms with Crippen molar-refractivity contribution in [3.8, 4) is 0 Å². The Labute approximate surface area is 122 Å². The lowest BCUT2D eigenvalue weighted by Crippen LogP contribution is -2.16. The Kier molecular flexibility index (Phi) is 4.17. The number of aromatic nitrogens is 1. The number of aryl methyl sites for hydroxylation is 1. The summed E-state index contributed by atoms with van der Waals surface area (Å²) in [7, 11) is 0. The van der Waals surface area contributed by atoms with E-state index in [1.807, 2.05) is 0 Å². The summed E-state index contributed by atoms with van der Waals surface area (Å²) in [4.78, 5) is 16.1. The molecule has 3 nitrogen and oxygen atoms in total. The number of halogens is 3. The number of pyridine rings is 1.